The van der Waals surface area contributed by atoms with Gasteiger partial charge >= 0.3 is 0 Å². The molecule has 1 fully saturated rings. The molecular weight excluding hydrogens is 342 g/mol. The van der Waals surface area contributed by atoms with E-state index in [4.69, 9.17) is 4.74 Å². The number of morpholine rings is 1. The summed E-state index contributed by atoms with van der Waals surface area (Å²) in [5.41, 5.74) is 1.70. The predicted octanol–water partition coefficient (Wildman–Crippen LogP) is 1.73. The third-order valence-corrected chi connectivity index (χ3v) is 4.41. The van der Waals surface area contributed by atoms with E-state index in [-0.39, 0.29) is 24.3 Å². The summed E-state index contributed by atoms with van der Waals surface area (Å²) >= 11 is 0. The van der Waals surface area contributed by atoms with Gasteiger partial charge in [0.05, 0.1) is 13.2 Å². The molecule has 1 heterocycles. The number of hydrogen-bond donors (Lipinski definition) is 3. The van der Waals surface area contributed by atoms with Gasteiger partial charge in [0.2, 0.25) is 11.8 Å². The Kier molecular flexibility index (Phi) is 6.96. The van der Waals surface area contributed by atoms with Crippen molar-refractivity contribution < 1.29 is 14.3 Å². The Balaban J connectivity index is 1.64. The molecule has 0 aromatic heterocycles. The van der Waals surface area contributed by atoms with Crippen LogP contribution in [0.3, 0.4) is 0 Å². The number of anilines is 1. The zero-order valence-corrected chi connectivity index (χ0v) is 15.2. The first kappa shape index (κ1) is 19.1. The molecule has 1 aliphatic rings. The summed E-state index contributed by atoms with van der Waals surface area (Å²) in [5.74, 6) is -0.395. The van der Waals surface area contributed by atoms with Crippen LogP contribution >= 0.6 is 0 Å². The van der Waals surface area contributed by atoms with E-state index in [9.17, 15) is 9.59 Å². The molecule has 0 bridgehead atoms. The Morgan fingerprint density at radius 2 is 1.78 bits per heavy atom. The lowest BCUT2D eigenvalue weighted by molar-refractivity contribution is -0.127. The molecule has 3 N–H and O–H groups in total. The highest BCUT2D eigenvalue weighted by atomic mass is 16.5. The van der Waals surface area contributed by atoms with Crippen molar-refractivity contribution in [2.24, 2.45) is 0 Å². The number of carbonyl (C=O) groups is 2. The van der Waals surface area contributed by atoms with Gasteiger partial charge in [-0.1, -0.05) is 48.5 Å². The van der Waals surface area contributed by atoms with E-state index in [1.54, 1.807) is 0 Å². The molecular formula is C21H25N3O3. The number of nitrogens with one attached hydrogen (secondary N) is 3. The molecule has 1 saturated heterocycles. The molecule has 0 radical (unpaired) electrons. The van der Waals surface area contributed by atoms with Gasteiger partial charge in [-0.05, 0) is 17.7 Å². The van der Waals surface area contributed by atoms with Crippen LogP contribution in [0.25, 0.3) is 0 Å². The maximum Gasteiger partial charge on any atom is 0.247 e. The van der Waals surface area contributed by atoms with Crippen molar-refractivity contribution in [3.8, 4) is 0 Å². The number of para-hydroxylation sites is 1. The van der Waals surface area contributed by atoms with Gasteiger partial charge in [0, 0.05) is 31.1 Å². The summed E-state index contributed by atoms with van der Waals surface area (Å²) in [4.78, 5) is 25.3. The molecule has 0 saturated carbocycles. The molecule has 0 aliphatic carbocycles. The average molecular weight is 367 g/mol. The molecule has 2 aromatic carbocycles. The highest BCUT2D eigenvalue weighted by Gasteiger charge is 2.24. The molecule has 6 nitrogen and oxygen atoms in total. The smallest absolute Gasteiger partial charge is 0.247 e. The first-order valence-electron chi connectivity index (χ1n) is 9.21. The second-order valence-corrected chi connectivity index (χ2v) is 6.60. The fraction of sp³-hybridized carbons (Fsp3) is 0.333. The van der Waals surface area contributed by atoms with E-state index in [1.165, 1.54) is 0 Å². The lowest BCUT2D eigenvalue weighted by Crippen LogP contribution is -2.49. The van der Waals surface area contributed by atoms with Crippen molar-refractivity contribution in [2.45, 2.75) is 24.9 Å². The van der Waals surface area contributed by atoms with Crippen LogP contribution in [0.5, 0.6) is 0 Å². The van der Waals surface area contributed by atoms with Crippen molar-refractivity contribution in [1.29, 1.82) is 0 Å². The van der Waals surface area contributed by atoms with Gasteiger partial charge in [0.15, 0.2) is 0 Å². The van der Waals surface area contributed by atoms with Crippen molar-refractivity contribution in [2.75, 3.05) is 25.1 Å². The van der Waals surface area contributed by atoms with Gasteiger partial charge in [-0.15, -0.1) is 0 Å². The molecule has 2 amide bonds. The Morgan fingerprint density at radius 3 is 2.44 bits per heavy atom. The van der Waals surface area contributed by atoms with Crippen LogP contribution in [0.15, 0.2) is 60.7 Å². The average Bonchev–Trinajstić information content (AvgIpc) is 2.70. The van der Waals surface area contributed by atoms with Crippen LogP contribution in [-0.2, 0) is 20.7 Å². The van der Waals surface area contributed by atoms with Gasteiger partial charge in [0.1, 0.15) is 6.04 Å². The molecule has 1 aliphatic heterocycles. The Bertz CT molecular complexity index is 731. The lowest BCUT2D eigenvalue weighted by Gasteiger charge is -2.24. The van der Waals surface area contributed by atoms with Gasteiger partial charge in [-0.25, -0.2) is 0 Å². The fourth-order valence-electron chi connectivity index (χ4n) is 3.04. The normalized spacial score (nSPS) is 17.7. The minimum Gasteiger partial charge on any atom is -0.378 e. The summed E-state index contributed by atoms with van der Waals surface area (Å²) in [6.07, 6.45) is 0.712. The molecule has 6 heteroatoms. The summed E-state index contributed by atoms with van der Waals surface area (Å²) in [7, 11) is 0. The second-order valence-electron chi connectivity index (χ2n) is 6.60. The Labute approximate surface area is 159 Å². The summed E-state index contributed by atoms with van der Waals surface area (Å²) in [6.45, 7) is 1.90. The second kappa shape index (κ2) is 9.85. The number of ether oxygens (including phenoxy) is 1. The van der Waals surface area contributed by atoms with E-state index in [2.05, 4.69) is 16.0 Å². The molecule has 0 spiro atoms. The third-order valence-electron chi connectivity index (χ3n) is 4.41. The maximum absolute atomic E-state index is 12.8. The van der Waals surface area contributed by atoms with Crippen molar-refractivity contribution >= 4 is 17.5 Å². The van der Waals surface area contributed by atoms with Crippen molar-refractivity contribution in [3.05, 3.63) is 66.2 Å². The number of rotatable bonds is 7. The molecule has 27 heavy (non-hydrogen) atoms. The van der Waals surface area contributed by atoms with Crippen LogP contribution in [0, 0.1) is 0 Å². The van der Waals surface area contributed by atoms with Crippen LogP contribution in [-0.4, -0.2) is 43.7 Å². The molecule has 3 rings (SSSR count). The highest BCUT2D eigenvalue weighted by Crippen LogP contribution is 2.09. The van der Waals surface area contributed by atoms with E-state index < -0.39 is 6.04 Å². The van der Waals surface area contributed by atoms with E-state index in [1.807, 2.05) is 60.7 Å². The zero-order valence-electron chi connectivity index (χ0n) is 15.2. The van der Waals surface area contributed by atoms with E-state index in [0.29, 0.717) is 25.3 Å². The van der Waals surface area contributed by atoms with Crippen LogP contribution in [0.4, 0.5) is 5.69 Å². The summed E-state index contributed by atoms with van der Waals surface area (Å²) in [6, 6.07) is 18.2. The van der Waals surface area contributed by atoms with Crippen molar-refractivity contribution in [1.82, 2.24) is 10.6 Å². The van der Waals surface area contributed by atoms with Crippen molar-refractivity contribution in [3.63, 3.8) is 0 Å². The van der Waals surface area contributed by atoms with Gasteiger partial charge in [-0.3, -0.25) is 9.59 Å². The number of hydrogen-bond acceptors (Lipinski definition) is 4. The zero-order chi connectivity index (χ0) is 18.9. The van der Waals surface area contributed by atoms with Gasteiger partial charge in [0.25, 0.3) is 0 Å². The number of carbonyl (C=O) groups excluding carboxylic acids is 2. The quantitative estimate of drug-likeness (QED) is 0.696. The first-order chi connectivity index (χ1) is 13.2. The maximum atomic E-state index is 12.8. The molecule has 2 atom stereocenters. The fourth-order valence-corrected chi connectivity index (χ4v) is 3.04. The predicted molar refractivity (Wildman–Crippen MR) is 104 cm³/mol. The van der Waals surface area contributed by atoms with E-state index in [0.717, 1.165) is 12.1 Å². The van der Waals surface area contributed by atoms with Crippen LogP contribution < -0.4 is 16.0 Å². The van der Waals surface area contributed by atoms with Gasteiger partial charge in [-0.2, -0.15) is 0 Å². The highest BCUT2D eigenvalue weighted by molar-refractivity contribution is 5.97. The molecule has 2 aromatic rings. The van der Waals surface area contributed by atoms with Gasteiger partial charge < -0.3 is 20.7 Å². The monoisotopic (exact) mass is 367 g/mol. The number of amides is 2. The summed E-state index contributed by atoms with van der Waals surface area (Å²) in [5, 5.41) is 9.02. The SMILES string of the molecule is O=C(CC1COCCN1)NC(Cc1ccccc1)C(=O)Nc1ccccc1. The topological polar surface area (TPSA) is 79.5 Å². The number of benzene rings is 2. The van der Waals surface area contributed by atoms with Crippen LogP contribution in [0.1, 0.15) is 12.0 Å². The van der Waals surface area contributed by atoms with E-state index >= 15 is 0 Å². The minimum absolute atomic E-state index is 0.0201. The molecule has 142 valence electrons. The summed E-state index contributed by atoms with van der Waals surface area (Å²) < 4.78 is 5.39. The Morgan fingerprint density at radius 1 is 1.07 bits per heavy atom. The van der Waals surface area contributed by atoms with Crippen LogP contribution in [0.2, 0.25) is 0 Å². The third kappa shape index (κ3) is 6.20. The Hall–Kier alpha value is -2.70. The lowest BCUT2D eigenvalue weighted by atomic mass is 10.0. The first-order valence-corrected chi connectivity index (χ1v) is 9.21. The standard InChI is InChI=1S/C21H25N3O3/c25-20(14-18-15-27-12-11-22-18)24-19(13-16-7-3-1-4-8-16)21(26)23-17-9-5-2-6-10-17/h1-10,18-19,22H,11-15H2,(H,23,26)(H,24,25). The molecule has 2 unspecified atom stereocenters. The minimum atomic E-state index is -0.649. The largest absolute Gasteiger partial charge is 0.378 e.